The van der Waals surface area contributed by atoms with Gasteiger partial charge in [-0.25, -0.2) is 9.59 Å². The first kappa shape index (κ1) is 24.9. The minimum atomic E-state index is -0.561. The van der Waals surface area contributed by atoms with Gasteiger partial charge >= 0.3 is 18.1 Å². The van der Waals surface area contributed by atoms with Crippen LogP contribution in [0.4, 0.5) is 9.59 Å². The zero-order chi connectivity index (χ0) is 24.1. The van der Waals surface area contributed by atoms with Gasteiger partial charge in [0.2, 0.25) is 0 Å². The molecule has 1 aromatic rings. The first-order valence-corrected chi connectivity index (χ1v) is 11.9. The van der Waals surface area contributed by atoms with E-state index in [0.717, 1.165) is 5.56 Å². The number of amides is 3. The van der Waals surface area contributed by atoms with Crippen LogP contribution < -0.4 is 5.32 Å². The number of piperidine rings is 2. The molecule has 0 unspecified atom stereocenters. The molecule has 2 saturated heterocycles. The molecule has 2 aliphatic heterocycles. The number of hydrogen-bond donors (Lipinski definition) is 1. The number of nitrogens with zero attached hydrogens (tertiary/aromatic N) is 2. The summed E-state index contributed by atoms with van der Waals surface area (Å²) < 4.78 is 10.7. The maximum atomic E-state index is 13.2. The van der Waals surface area contributed by atoms with Gasteiger partial charge in [0, 0.05) is 26.2 Å². The molecule has 2 fully saturated rings. The third-order valence-electron chi connectivity index (χ3n) is 6.34. The number of carbonyl (C=O) groups excluding carboxylic acids is 3. The van der Waals surface area contributed by atoms with Crippen molar-refractivity contribution in [2.24, 2.45) is 5.92 Å². The molecule has 182 valence electrons. The molecule has 0 bridgehead atoms. The lowest BCUT2D eigenvalue weighted by molar-refractivity contribution is -0.149. The monoisotopic (exact) mass is 459 g/mol. The third-order valence-corrected chi connectivity index (χ3v) is 6.34. The molecular weight excluding hydrogens is 422 g/mol. The molecule has 1 aromatic carbocycles. The number of benzene rings is 1. The minimum absolute atomic E-state index is 0.133. The summed E-state index contributed by atoms with van der Waals surface area (Å²) in [6.45, 7) is 9.77. The molecule has 0 aliphatic carbocycles. The average Bonchev–Trinajstić information content (AvgIpc) is 2.79. The molecule has 1 N–H and O–H groups in total. The standard InChI is InChI=1S/C25H37N3O5/c1-5-32-21(29)19-11-15-27(16-12-19)22(30)26-25(20-9-7-6-8-10-20)13-17-28(18-14-25)23(31)33-24(2,3)4/h6-10,19H,5,11-18H2,1-4H3,(H,26,30). The molecule has 2 aliphatic rings. The van der Waals surface area contributed by atoms with Crippen molar-refractivity contribution in [1.82, 2.24) is 15.1 Å². The zero-order valence-electron chi connectivity index (χ0n) is 20.3. The van der Waals surface area contributed by atoms with Crippen LogP contribution in [0.15, 0.2) is 30.3 Å². The highest BCUT2D eigenvalue weighted by Gasteiger charge is 2.41. The van der Waals surface area contributed by atoms with Crippen LogP contribution in [0.5, 0.6) is 0 Å². The van der Waals surface area contributed by atoms with Gasteiger partial charge < -0.3 is 24.6 Å². The van der Waals surface area contributed by atoms with Gasteiger partial charge in [0.05, 0.1) is 18.1 Å². The zero-order valence-corrected chi connectivity index (χ0v) is 20.3. The fourth-order valence-corrected chi connectivity index (χ4v) is 4.50. The lowest BCUT2D eigenvalue weighted by atomic mass is 9.81. The van der Waals surface area contributed by atoms with Crippen molar-refractivity contribution >= 4 is 18.1 Å². The van der Waals surface area contributed by atoms with Crippen molar-refractivity contribution in [3.63, 3.8) is 0 Å². The number of rotatable bonds is 4. The van der Waals surface area contributed by atoms with Crippen LogP contribution in [0.3, 0.4) is 0 Å². The molecule has 0 aromatic heterocycles. The second-order valence-electron chi connectivity index (χ2n) is 9.86. The number of esters is 1. The normalized spacial score (nSPS) is 19.0. The number of urea groups is 1. The summed E-state index contributed by atoms with van der Waals surface area (Å²) in [6, 6.07) is 9.80. The van der Waals surface area contributed by atoms with Crippen molar-refractivity contribution in [3.05, 3.63) is 35.9 Å². The van der Waals surface area contributed by atoms with Crippen LogP contribution in [0.1, 0.15) is 58.9 Å². The molecule has 0 saturated carbocycles. The first-order chi connectivity index (χ1) is 15.6. The summed E-state index contributed by atoms with van der Waals surface area (Å²) in [5.41, 5.74) is -0.0762. The molecule has 0 spiro atoms. The lowest BCUT2D eigenvalue weighted by Gasteiger charge is -2.44. The second-order valence-corrected chi connectivity index (χ2v) is 9.86. The van der Waals surface area contributed by atoms with Crippen molar-refractivity contribution in [2.75, 3.05) is 32.8 Å². The fraction of sp³-hybridized carbons (Fsp3) is 0.640. The Morgan fingerprint density at radius 3 is 2.15 bits per heavy atom. The Kier molecular flexibility index (Phi) is 7.87. The van der Waals surface area contributed by atoms with Gasteiger partial charge in [0.1, 0.15) is 5.60 Å². The van der Waals surface area contributed by atoms with Crippen molar-refractivity contribution in [1.29, 1.82) is 0 Å². The summed E-state index contributed by atoms with van der Waals surface area (Å²) in [5, 5.41) is 3.29. The maximum absolute atomic E-state index is 13.2. The van der Waals surface area contributed by atoms with Gasteiger partial charge in [-0.2, -0.15) is 0 Å². The smallest absolute Gasteiger partial charge is 0.410 e. The number of hydrogen-bond acceptors (Lipinski definition) is 5. The van der Waals surface area contributed by atoms with Gasteiger partial charge in [0.15, 0.2) is 0 Å². The van der Waals surface area contributed by atoms with E-state index in [1.54, 1.807) is 16.7 Å². The molecule has 2 heterocycles. The van der Waals surface area contributed by atoms with E-state index in [9.17, 15) is 14.4 Å². The highest BCUT2D eigenvalue weighted by Crippen LogP contribution is 2.34. The first-order valence-electron chi connectivity index (χ1n) is 11.9. The minimum Gasteiger partial charge on any atom is -0.466 e. The van der Waals surface area contributed by atoms with E-state index >= 15 is 0 Å². The van der Waals surface area contributed by atoms with Gasteiger partial charge in [-0.15, -0.1) is 0 Å². The van der Waals surface area contributed by atoms with E-state index < -0.39 is 11.1 Å². The third kappa shape index (κ3) is 6.39. The maximum Gasteiger partial charge on any atom is 0.410 e. The summed E-state index contributed by atoms with van der Waals surface area (Å²) >= 11 is 0. The van der Waals surface area contributed by atoms with E-state index in [1.165, 1.54) is 0 Å². The average molecular weight is 460 g/mol. The van der Waals surface area contributed by atoms with Crippen LogP contribution in [0, 0.1) is 5.92 Å². The Bertz CT molecular complexity index is 820. The fourth-order valence-electron chi connectivity index (χ4n) is 4.50. The lowest BCUT2D eigenvalue weighted by Crippen LogP contribution is -2.58. The van der Waals surface area contributed by atoms with E-state index in [4.69, 9.17) is 9.47 Å². The molecule has 8 nitrogen and oxygen atoms in total. The van der Waals surface area contributed by atoms with E-state index in [1.807, 2.05) is 51.1 Å². The Morgan fingerprint density at radius 1 is 1.00 bits per heavy atom. The number of ether oxygens (including phenoxy) is 2. The molecule has 8 heteroatoms. The summed E-state index contributed by atoms with van der Waals surface area (Å²) in [6.07, 6.45) is 2.09. The highest BCUT2D eigenvalue weighted by atomic mass is 16.6. The summed E-state index contributed by atoms with van der Waals surface area (Å²) in [5.74, 6) is -0.318. The summed E-state index contributed by atoms with van der Waals surface area (Å²) in [4.78, 5) is 41.3. The molecular formula is C25H37N3O5. The predicted molar refractivity (Wildman–Crippen MR) is 125 cm³/mol. The Morgan fingerprint density at radius 2 is 1.61 bits per heavy atom. The van der Waals surface area contributed by atoms with Gasteiger partial charge in [-0.3, -0.25) is 4.79 Å². The largest absolute Gasteiger partial charge is 0.466 e. The Labute approximate surface area is 196 Å². The van der Waals surface area contributed by atoms with Crippen LogP contribution in [-0.4, -0.2) is 66.3 Å². The van der Waals surface area contributed by atoms with Gasteiger partial charge in [0.25, 0.3) is 0 Å². The van der Waals surface area contributed by atoms with Gasteiger partial charge in [-0.05, 0) is 58.9 Å². The SMILES string of the molecule is CCOC(=O)C1CCN(C(=O)NC2(c3ccccc3)CCN(C(=O)OC(C)(C)C)CC2)CC1. The Balaban J connectivity index is 1.66. The molecule has 33 heavy (non-hydrogen) atoms. The van der Waals surface area contributed by atoms with E-state index in [2.05, 4.69) is 5.32 Å². The number of likely N-dealkylation sites (tertiary alicyclic amines) is 2. The number of nitrogens with one attached hydrogen (secondary N) is 1. The van der Waals surface area contributed by atoms with Gasteiger partial charge in [-0.1, -0.05) is 30.3 Å². The number of carbonyl (C=O) groups is 3. The van der Waals surface area contributed by atoms with Crippen LogP contribution in [0.25, 0.3) is 0 Å². The van der Waals surface area contributed by atoms with E-state index in [0.29, 0.717) is 58.5 Å². The van der Waals surface area contributed by atoms with Crippen LogP contribution in [-0.2, 0) is 19.8 Å². The Hall–Kier alpha value is -2.77. The molecule has 0 radical (unpaired) electrons. The molecule has 3 amide bonds. The second kappa shape index (κ2) is 10.4. The van der Waals surface area contributed by atoms with Crippen LogP contribution in [0.2, 0.25) is 0 Å². The topological polar surface area (TPSA) is 88.2 Å². The van der Waals surface area contributed by atoms with E-state index in [-0.39, 0.29) is 24.0 Å². The highest BCUT2D eigenvalue weighted by molar-refractivity contribution is 5.77. The predicted octanol–water partition coefficient (Wildman–Crippen LogP) is 3.90. The quantitative estimate of drug-likeness (QED) is 0.690. The summed E-state index contributed by atoms with van der Waals surface area (Å²) in [7, 11) is 0. The molecule has 0 atom stereocenters. The molecule has 3 rings (SSSR count). The van der Waals surface area contributed by atoms with Crippen molar-refractivity contribution in [2.45, 2.75) is 64.5 Å². The van der Waals surface area contributed by atoms with Crippen molar-refractivity contribution < 1.29 is 23.9 Å². The van der Waals surface area contributed by atoms with Crippen LogP contribution >= 0.6 is 0 Å². The van der Waals surface area contributed by atoms with Crippen molar-refractivity contribution in [3.8, 4) is 0 Å².